The van der Waals surface area contributed by atoms with E-state index in [1.165, 1.54) is 13.3 Å². The molecule has 2 aliphatic rings. The number of pyridine rings is 2. The Morgan fingerprint density at radius 1 is 0.509 bits per heavy atom. The van der Waals surface area contributed by atoms with E-state index in [1.54, 1.807) is 39.7 Å². The monoisotopic (exact) mass is 1690 g/mol. The predicted octanol–water partition coefficient (Wildman–Crippen LogP) is 9.70. The van der Waals surface area contributed by atoms with Crippen LogP contribution in [0.15, 0.2) is 61.2 Å². The smallest absolute Gasteiger partial charge is 0.190 e. The van der Waals surface area contributed by atoms with Gasteiger partial charge in [0.15, 0.2) is 22.9 Å². The number of anilines is 2. The number of aliphatic hydroxyl groups excluding tert-OH is 2. The summed E-state index contributed by atoms with van der Waals surface area (Å²) in [7, 11) is 6.63. The Kier molecular flexibility index (Phi) is 41.9. The van der Waals surface area contributed by atoms with Crippen LogP contribution in [0.25, 0.3) is 22.4 Å². The standard InChI is InChI=1S/C37H61N5O8Si2.C31H55IN4O7Si2.C6H6BNO.2H2O/c1-45-15-16-50-37(34(44)25-49-28-46-2)13-11-29(12-14-37)33-21-35(41(26-47-17-19-51(3,4)5)27-48-18-20-52(6,7)8)42-36(40-33)32(23-39-42)30-9-10-31(24-43)38-22-30;1-38-13-14-43-31(28(37)21-42-24-39-2)11-9-25(10-12-31)27-19-29(36-30(34-27)26(32)20-33-36)35(22-40-15-17-44(3,4)5)23-41-16-18-45(6,7)8;7-5-1-2-6(4-9)8-3-5;;/h9-10,21-23,29,43H,11-20,24-28H2,1-8H3;19-20,25H,9-18,21-24H2,1-8H3;1-3,9H,4H2;2*1H2. The number of methoxy groups -OCH3 is 4. The van der Waals surface area contributed by atoms with Gasteiger partial charge in [-0.25, -0.2) is 9.97 Å². The molecule has 8 rings (SSSR count). The van der Waals surface area contributed by atoms with Crippen molar-refractivity contribution < 1.29 is 87.6 Å². The summed E-state index contributed by atoms with van der Waals surface area (Å²) < 4.78 is 73.7. The molecule has 28 nitrogen and oxygen atoms in total. The summed E-state index contributed by atoms with van der Waals surface area (Å²) in [6.07, 6.45) is 12.1. The van der Waals surface area contributed by atoms with Gasteiger partial charge in [0, 0.05) is 146 Å². The van der Waals surface area contributed by atoms with Gasteiger partial charge >= 0.3 is 0 Å². The van der Waals surface area contributed by atoms with E-state index in [2.05, 4.69) is 133 Å². The number of nitrogens with zero attached hydrogens (tertiary/aromatic N) is 10. The minimum Gasteiger partial charge on any atom is -0.412 e. The van der Waals surface area contributed by atoms with Crippen LogP contribution in [0.5, 0.6) is 0 Å². The topological polar surface area (TPSA) is 341 Å². The summed E-state index contributed by atoms with van der Waals surface area (Å²) in [6.45, 7) is 33.9. The van der Waals surface area contributed by atoms with Crippen molar-refractivity contribution in [2.24, 2.45) is 0 Å². The van der Waals surface area contributed by atoms with Gasteiger partial charge in [0.2, 0.25) is 0 Å². The van der Waals surface area contributed by atoms with Crippen molar-refractivity contribution in [2.45, 2.75) is 190 Å². The van der Waals surface area contributed by atoms with E-state index < -0.39 is 43.5 Å². The van der Waals surface area contributed by atoms with Gasteiger partial charge in [-0.05, 0) is 110 Å². The van der Waals surface area contributed by atoms with Crippen LogP contribution in [0, 0.1) is 3.57 Å². The largest absolute Gasteiger partial charge is 0.412 e. The van der Waals surface area contributed by atoms with Crippen LogP contribution in [0.2, 0.25) is 103 Å². The number of aromatic nitrogens is 8. The van der Waals surface area contributed by atoms with Gasteiger partial charge in [0.1, 0.15) is 84.4 Å². The summed E-state index contributed by atoms with van der Waals surface area (Å²) >= 11 is 2.30. The number of hydrogen-bond acceptors (Lipinski definition) is 24. The molecule has 34 heteroatoms. The van der Waals surface area contributed by atoms with Crippen LogP contribution < -0.4 is 15.3 Å². The van der Waals surface area contributed by atoms with Gasteiger partial charge in [-0.1, -0.05) is 96.2 Å². The summed E-state index contributed by atoms with van der Waals surface area (Å²) in [6, 6.07) is 15.7. The van der Waals surface area contributed by atoms with Crippen molar-refractivity contribution in [1.82, 2.24) is 39.2 Å². The molecule has 6 heterocycles. The van der Waals surface area contributed by atoms with Gasteiger partial charge in [-0.15, -0.1) is 0 Å². The zero-order valence-corrected chi connectivity index (χ0v) is 73.3. The minimum absolute atomic E-state index is 0. The molecule has 0 saturated heterocycles. The molecule has 0 amide bonds. The highest BCUT2D eigenvalue weighted by Crippen LogP contribution is 2.44. The molecule has 0 aliphatic heterocycles. The molecule has 6 aromatic rings. The number of carbonyl (C=O) groups excluding carboxylic acids is 2. The Morgan fingerprint density at radius 3 is 1.24 bits per heavy atom. The fourth-order valence-electron chi connectivity index (χ4n) is 11.8. The summed E-state index contributed by atoms with van der Waals surface area (Å²) in [5, 5.41) is 27.7. The molecule has 6 aromatic heterocycles. The van der Waals surface area contributed by atoms with Gasteiger partial charge in [0.05, 0.1) is 67.0 Å². The molecule has 0 aromatic carbocycles. The van der Waals surface area contributed by atoms with Crippen LogP contribution in [0.3, 0.4) is 0 Å². The van der Waals surface area contributed by atoms with Crippen LogP contribution in [-0.4, -0.2) is 258 Å². The molecule has 2 radical (unpaired) electrons. The first-order valence-corrected chi connectivity index (χ1v) is 52.9. The van der Waals surface area contributed by atoms with E-state index in [4.69, 9.17) is 90.0 Å². The van der Waals surface area contributed by atoms with Crippen molar-refractivity contribution >= 4 is 103 Å². The van der Waals surface area contributed by atoms with Crippen molar-refractivity contribution in [3.8, 4) is 11.1 Å². The third-order valence-corrected chi connectivity index (χ3v) is 26.0. The second-order valence-corrected chi connectivity index (χ2v) is 55.7. The third-order valence-electron chi connectivity index (χ3n) is 18.5. The van der Waals surface area contributed by atoms with Gasteiger partial charge in [-0.3, -0.25) is 19.6 Å². The average Bonchev–Trinajstić information content (AvgIpc) is 1.53. The maximum atomic E-state index is 13.5. The van der Waals surface area contributed by atoms with E-state index >= 15 is 0 Å². The number of aliphatic hydroxyl groups is 2. The normalized spacial score (nSPS) is 17.7. The van der Waals surface area contributed by atoms with Crippen molar-refractivity contribution in [3.05, 3.63) is 87.5 Å². The highest BCUT2D eigenvalue weighted by atomic mass is 127. The number of fused-ring (bicyclic) bond motifs is 2. The highest BCUT2D eigenvalue weighted by molar-refractivity contribution is 14.1. The minimum atomic E-state index is -1.29. The first kappa shape index (κ1) is 95.9. The van der Waals surface area contributed by atoms with Crippen LogP contribution >= 0.6 is 22.6 Å². The Morgan fingerprint density at radius 2 is 0.889 bits per heavy atom. The molecule has 0 unspecified atom stereocenters. The van der Waals surface area contributed by atoms with Gasteiger partial charge < -0.3 is 87.8 Å². The molecule has 2 fully saturated rings. The molecule has 0 bridgehead atoms. The average molecular weight is 1690 g/mol. The molecule has 0 spiro atoms. The van der Waals surface area contributed by atoms with Crippen LogP contribution in [0.1, 0.15) is 86.0 Å². The molecule has 108 heavy (non-hydrogen) atoms. The Balaban J connectivity index is 0.000000404. The Bertz CT molecular complexity index is 3510. The van der Waals surface area contributed by atoms with Crippen molar-refractivity contribution in [2.75, 3.05) is 145 Å². The van der Waals surface area contributed by atoms with Crippen LogP contribution in [-0.2, 0) is 79.6 Å². The second-order valence-electron chi connectivity index (χ2n) is 32.1. The maximum Gasteiger partial charge on any atom is 0.190 e. The highest BCUT2D eigenvalue weighted by Gasteiger charge is 2.45. The van der Waals surface area contributed by atoms with E-state index in [0.29, 0.717) is 128 Å². The quantitative estimate of drug-likeness (QED) is 0.0155. The molecule has 6 N–H and O–H groups in total. The summed E-state index contributed by atoms with van der Waals surface area (Å²) in [5.74, 6) is 1.81. The van der Waals surface area contributed by atoms with Gasteiger partial charge in [-0.2, -0.15) is 19.2 Å². The molecule has 2 saturated carbocycles. The number of Topliss-reactive ketones (excluding diaryl/α,β-unsaturated/α-hetero) is 2. The zero-order valence-electron chi connectivity index (χ0n) is 67.2. The Hall–Kier alpha value is -4.50. The fraction of sp³-hybridized carbons (Fsp3) is 0.676. The maximum absolute atomic E-state index is 13.5. The van der Waals surface area contributed by atoms with Crippen molar-refractivity contribution in [3.63, 3.8) is 0 Å². The fourth-order valence-corrected chi connectivity index (χ4v) is 15.3. The lowest BCUT2D eigenvalue weighted by molar-refractivity contribution is -0.160. The zero-order chi connectivity index (χ0) is 77.6. The number of halogens is 1. The number of ether oxygens (including phenoxy) is 12. The van der Waals surface area contributed by atoms with E-state index in [-0.39, 0.29) is 74.4 Å². The molecule has 2 aliphatic carbocycles. The van der Waals surface area contributed by atoms with Crippen LogP contribution in [0.4, 0.5) is 11.6 Å². The summed E-state index contributed by atoms with van der Waals surface area (Å²) in [5.41, 5.74) is 5.07. The van der Waals surface area contributed by atoms with E-state index in [1.807, 2.05) is 33.6 Å². The summed E-state index contributed by atoms with van der Waals surface area (Å²) in [4.78, 5) is 49.7. The Labute approximate surface area is 659 Å². The molecular formula is C74H126BIN10O18Si4. The predicted molar refractivity (Wildman–Crippen MR) is 441 cm³/mol. The molecule has 606 valence electrons. The first-order valence-electron chi connectivity index (χ1n) is 37.0. The lowest BCUT2D eigenvalue weighted by Gasteiger charge is -2.39. The first-order chi connectivity index (χ1) is 50.4. The van der Waals surface area contributed by atoms with E-state index in [9.17, 15) is 14.7 Å². The molecule has 0 atom stereocenters. The number of carbonyl (C=O) groups is 2. The SMILES string of the molecule is COCCOC1(C(=O)COCOC)CCC(c2cc(N(COCC[Si](C)(C)C)COCC[Si](C)(C)C)n3ncc(-c4ccc(CO)nc4)c3n2)CC1.COCCOC1(C(=O)COCOC)CCC(c2cc(N(COCC[Si](C)(C)C)COCC[Si](C)(C)C)n3ncc(I)c3n2)CC1.O.O.[B]c1ccc(CO)nc1. The van der Waals surface area contributed by atoms with Crippen molar-refractivity contribution in [1.29, 1.82) is 0 Å². The molecular weight excluding hydrogens is 1570 g/mol. The lowest BCUT2D eigenvalue weighted by Crippen LogP contribution is -2.47. The number of ketones is 2. The second kappa shape index (κ2) is 47.2. The number of rotatable bonds is 45. The third kappa shape index (κ3) is 31.8. The van der Waals surface area contributed by atoms with E-state index in [0.717, 1.165) is 93.6 Å². The van der Waals surface area contributed by atoms with Gasteiger partial charge in [0.25, 0.3) is 0 Å². The lowest BCUT2D eigenvalue weighted by atomic mass is 9.75. The number of hydrogen-bond donors (Lipinski definition) is 2.